The minimum Gasteiger partial charge on any atom is -0.481 e. The summed E-state index contributed by atoms with van der Waals surface area (Å²) in [6.07, 6.45) is 1.87. The molecule has 0 heterocycles. The highest BCUT2D eigenvalue weighted by Crippen LogP contribution is 2.43. The van der Waals surface area contributed by atoms with Crippen LogP contribution in [0.5, 0.6) is 0 Å². The van der Waals surface area contributed by atoms with E-state index in [1.54, 1.807) is 0 Å². The smallest absolute Gasteiger partial charge is 0.313 e. The number of carboxylic acids is 1. The fourth-order valence-corrected chi connectivity index (χ4v) is 3.25. The topological polar surface area (TPSA) is 66.4 Å². The predicted octanol–water partition coefficient (Wildman–Crippen LogP) is 2.04. The Hall–Kier alpha value is -1.49. The van der Waals surface area contributed by atoms with Gasteiger partial charge in [-0.2, -0.15) is 0 Å². The largest absolute Gasteiger partial charge is 0.481 e. The highest BCUT2D eigenvalue weighted by atomic mass is 32.2. The minimum absolute atomic E-state index is 0.0280. The van der Waals surface area contributed by atoms with Crippen LogP contribution in [-0.2, 0) is 15.0 Å². The van der Waals surface area contributed by atoms with Gasteiger partial charge < -0.3 is 10.4 Å². The maximum absolute atomic E-state index is 11.7. The number of rotatable bonds is 6. The lowest BCUT2D eigenvalue weighted by Gasteiger charge is -2.46. The van der Waals surface area contributed by atoms with Crippen LogP contribution in [0.3, 0.4) is 0 Å². The monoisotopic (exact) mass is 293 g/mol. The highest BCUT2D eigenvalue weighted by Gasteiger charge is 2.41. The molecule has 1 aliphatic rings. The zero-order valence-corrected chi connectivity index (χ0v) is 12.3. The van der Waals surface area contributed by atoms with Gasteiger partial charge in [-0.15, -0.1) is 11.8 Å². The average Bonchev–Trinajstić information content (AvgIpc) is 2.37. The summed E-state index contributed by atoms with van der Waals surface area (Å²) in [7, 11) is 0. The molecule has 4 nitrogen and oxygen atoms in total. The van der Waals surface area contributed by atoms with Crippen molar-refractivity contribution in [3.05, 3.63) is 35.9 Å². The average molecular weight is 293 g/mol. The van der Waals surface area contributed by atoms with Crippen molar-refractivity contribution in [3.63, 3.8) is 0 Å². The normalized spacial score (nSPS) is 24.8. The van der Waals surface area contributed by atoms with E-state index in [1.165, 1.54) is 5.56 Å². The van der Waals surface area contributed by atoms with Gasteiger partial charge in [0, 0.05) is 6.04 Å². The van der Waals surface area contributed by atoms with Crippen molar-refractivity contribution in [2.75, 3.05) is 11.5 Å². The van der Waals surface area contributed by atoms with Crippen LogP contribution in [0.25, 0.3) is 0 Å². The Bertz CT molecular complexity index is 483. The molecule has 0 saturated heterocycles. The molecule has 0 atom stereocenters. The summed E-state index contributed by atoms with van der Waals surface area (Å²) in [5, 5.41) is 11.5. The number of hydrogen-bond acceptors (Lipinski definition) is 3. The van der Waals surface area contributed by atoms with E-state index >= 15 is 0 Å². The fraction of sp³-hybridized carbons (Fsp3) is 0.467. The quantitative estimate of drug-likeness (QED) is 0.842. The van der Waals surface area contributed by atoms with Gasteiger partial charge in [0.25, 0.3) is 0 Å². The molecule has 1 aliphatic carbocycles. The Kier molecular flexibility index (Phi) is 4.70. The Morgan fingerprint density at radius 2 is 1.95 bits per heavy atom. The van der Waals surface area contributed by atoms with Crippen LogP contribution in [0.15, 0.2) is 30.3 Å². The number of amides is 1. The number of carbonyl (C=O) groups is 2. The second kappa shape index (κ2) is 6.31. The molecule has 1 aromatic carbocycles. The molecule has 1 saturated carbocycles. The fourth-order valence-electron chi connectivity index (χ4n) is 2.71. The molecular formula is C15H19NO3S. The summed E-state index contributed by atoms with van der Waals surface area (Å²) >= 11 is 1.13. The molecule has 5 heteroatoms. The molecule has 2 rings (SSSR count). The van der Waals surface area contributed by atoms with Gasteiger partial charge in [0.2, 0.25) is 5.91 Å². The standard InChI is InChI=1S/C15H19NO3S/c1-15(11-5-3-2-4-6-11)7-12(8-15)16-13(17)9-20-10-14(18)19/h2-6,12H,7-10H2,1H3,(H,16,17)(H,18,19). The van der Waals surface area contributed by atoms with E-state index in [0.29, 0.717) is 0 Å². The first-order valence-corrected chi connectivity index (χ1v) is 7.79. The van der Waals surface area contributed by atoms with E-state index in [0.717, 1.165) is 24.6 Å². The van der Waals surface area contributed by atoms with Gasteiger partial charge in [0.1, 0.15) is 0 Å². The van der Waals surface area contributed by atoms with Crippen LogP contribution in [0, 0.1) is 0 Å². The van der Waals surface area contributed by atoms with E-state index in [2.05, 4.69) is 24.4 Å². The van der Waals surface area contributed by atoms with Crippen molar-refractivity contribution >= 4 is 23.6 Å². The minimum atomic E-state index is -0.886. The maximum Gasteiger partial charge on any atom is 0.313 e. The molecule has 108 valence electrons. The van der Waals surface area contributed by atoms with E-state index in [-0.39, 0.29) is 28.9 Å². The van der Waals surface area contributed by atoms with Gasteiger partial charge in [-0.25, -0.2) is 0 Å². The van der Waals surface area contributed by atoms with Gasteiger partial charge in [0.15, 0.2) is 0 Å². The number of carboxylic acid groups (broad SMARTS) is 1. The first kappa shape index (κ1) is 14.9. The molecule has 1 fully saturated rings. The Balaban J connectivity index is 1.74. The second-order valence-electron chi connectivity index (χ2n) is 5.49. The summed E-state index contributed by atoms with van der Waals surface area (Å²) < 4.78 is 0. The van der Waals surface area contributed by atoms with Crippen molar-refractivity contribution in [3.8, 4) is 0 Å². The number of thioether (sulfide) groups is 1. The molecule has 1 aromatic rings. The van der Waals surface area contributed by atoms with Crippen LogP contribution < -0.4 is 5.32 Å². The summed E-state index contributed by atoms with van der Waals surface area (Å²) in [5.74, 6) is -0.774. The number of nitrogens with one attached hydrogen (secondary N) is 1. The van der Waals surface area contributed by atoms with E-state index < -0.39 is 5.97 Å². The molecule has 0 aromatic heterocycles. The third-order valence-corrected chi connectivity index (χ3v) is 4.61. The number of benzene rings is 1. The third kappa shape index (κ3) is 3.76. The van der Waals surface area contributed by atoms with Crippen molar-refractivity contribution in [2.24, 2.45) is 0 Å². The van der Waals surface area contributed by atoms with Crippen LogP contribution >= 0.6 is 11.8 Å². The summed E-state index contributed by atoms with van der Waals surface area (Å²) in [5.41, 5.74) is 1.46. The molecule has 20 heavy (non-hydrogen) atoms. The summed E-state index contributed by atoms with van der Waals surface area (Å²) in [6, 6.07) is 10.5. The first-order chi connectivity index (χ1) is 9.49. The van der Waals surface area contributed by atoms with Gasteiger partial charge in [-0.3, -0.25) is 9.59 Å². The SMILES string of the molecule is CC1(c2ccccc2)CC(NC(=O)CSCC(=O)O)C1. The molecule has 0 bridgehead atoms. The number of aliphatic carboxylic acids is 1. The Morgan fingerprint density at radius 3 is 2.55 bits per heavy atom. The number of hydrogen-bond donors (Lipinski definition) is 2. The Labute approximate surface area is 123 Å². The molecule has 0 aliphatic heterocycles. The molecule has 0 unspecified atom stereocenters. The van der Waals surface area contributed by atoms with Gasteiger partial charge in [-0.05, 0) is 23.8 Å². The van der Waals surface area contributed by atoms with Gasteiger partial charge in [0.05, 0.1) is 11.5 Å². The predicted molar refractivity (Wildman–Crippen MR) is 79.9 cm³/mol. The van der Waals surface area contributed by atoms with E-state index in [1.807, 2.05) is 18.2 Å². The molecule has 1 amide bonds. The molecular weight excluding hydrogens is 274 g/mol. The summed E-state index contributed by atoms with van der Waals surface area (Å²) in [4.78, 5) is 22.0. The summed E-state index contributed by atoms with van der Waals surface area (Å²) in [6.45, 7) is 2.21. The maximum atomic E-state index is 11.7. The van der Waals surface area contributed by atoms with Crippen molar-refractivity contribution in [2.45, 2.75) is 31.2 Å². The van der Waals surface area contributed by atoms with E-state index in [4.69, 9.17) is 5.11 Å². The number of carbonyl (C=O) groups excluding carboxylic acids is 1. The van der Waals surface area contributed by atoms with Crippen molar-refractivity contribution in [1.29, 1.82) is 0 Å². The third-order valence-electron chi connectivity index (χ3n) is 3.69. The second-order valence-corrected chi connectivity index (χ2v) is 6.47. The van der Waals surface area contributed by atoms with Crippen molar-refractivity contribution < 1.29 is 14.7 Å². The lowest BCUT2D eigenvalue weighted by Crippen LogP contribution is -2.52. The van der Waals surface area contributed by atoms with Crippen LogP contribution in [0.4, 0.5) is 0 Å². The zero-order valence-electron chi connectivity index (χ0n) is 11.5. The van der Waals surface area contributed by atoms with Crippen LogP contribution in [-0.4, -0.2) is 34.5 Å². The molecule has 0 radical (unpaired) electrons. The lowest BCUT2D eigenvalue weighted by atomic mass is 9.63. The first-order valence-electron chi connectivity index (χ1n) is 6.64. The highest BCUT2D eigenvalue weighted by molar-refractivity contribution is 8.00. The van der Waals surface area contributed by atoms with Gasteiger partial charge >= 0.3 is 5.97 Å². The van der Waals surface area contributed by atoms with Crippen molar-refractivity contribution in [1.82, 2.24) is 5.32 Å². The molecule has 0 spiro atoms. The lowest BCUT2D eigenvalue weighted by molar-refractivity contribution is -0.133. The van der Waals surface area contributed by atoms with Crippen LogP contribution in [0.2, 0.25) is 0 Å². The Morgan fingerprint density at radius 1 is 1.30 bits per heavy atom. The zero-order chi connectivity index (χ0) is 14.6. The molecule has 2 N–H and O–H groups in total. The van der Waals surface area contributed by atoms with Gasteiger partial charge in [-0.1, -0.05) is 37.3 Å². The van der Waals surface area contributed by atoms with E-state index in [9.17, 15) is 9.59 Å². The van der Waals surface area contributed by atoms with Crippen LogP contribution in [0.1, 0.15) is 25.3 Å².